The van der Waals surface area contributed by atoms with Crippen LogP contribution < -0.4 is 5.73 Å². The number of aryl methyl sites for hydroxylation is 1. The molecule has 2 nitrogen and oxygen atoms in total. The molecule has 0 spiro atoms. The van der Waals surface area contributed by atoms with Crippen LogP contribution in [-0.2, 0) is 0 Å². The average molecular weight is 277 g/mol. The maximum Gasteiger partial charge on any atom is 0.0620 e. The van der Waals surface area contributed by atoms with Gasteiger partial charge in [0.25, 0.3) is 0 Å². The third-order valence-electron chi connectivity index (χ3n) is 4.04. The van der Waals surface area contributed by atoms with E-state index in [0.29, 0.717) is 6.54 Å². The number of unbranched alkanes of at least 4 members (excludes halogenated alkanes) is 5. The Balaban J connectivity index is 2.37. The molecule has 2 unspecified atom stereocenters. The molecule has 3 N–H and O–H groups in total. The van der Waals surface area contributed by atoms with E-state index in [1.54, 1.807) is 0 Å². The van der Waals surface area contributed by atoms with Crippen LogP contribution in [0.15, 0.2) is 24.3 Å². The fourth-order valence-corrected chi connectivity index (χ4v) is 2.75. The Labute approximate surface area is 124 Å². The van der Waals surface area contributed by atoms with Gasteiger partial charge >= 0.3 is 0 Å². The summed E-state index contributed by atoms with van der Waals surface area (Å²) in [5.74, 6) is 0.0746. The summed E-state index contributed by atoms with van der Waals surface area (Å²) in [5.41, 5.74) is 8.27. The van der Waals surface area contributed by atoms with Crippen molar-refractivity contribution in [1.29, 1.82) is 0 Å². The zero-order valence-corrected chi connectivity index (χ0v) is 13.1. The van der Waals surface area contributed by atoms with Gasteiger partial charge in [-0.2, -0.15) is 0 Å². The SMILES string of the molecule is CCCCCCCCC(O)C(CN)c1cccc(C)c1. The Morgan fingerprint density at radius 2 is 1.80 bits per heavy atom. The monoisotopic (exact) mass is 277 g/mol. The lowest BCUT2D eigenvalue weighted by Gasteiger charge is -2.22. The van der Waals surface area contributed by atoms with Crippen LogP contribution in [0.3, 0.4) is 0 Å². The fraction of sp³-hybridized carbons (Fsp3) is 0.667. The molecule has 0 aliphatic carbocycles. The molecule has 0 saturated heterocycles. The summed E-state index contributed by atoms with van der Waals surface area (Å²) >= 11 is 0. The maximum atomic E-state index is 10.4. The molecule has 0 fully saturated rings. The Kier molecular flexibility index (Phi) is 8.56. The van der Waals surface area contributed by atoms with Gasteiger partial charge in [0, 0.05) is 12.5 Å². The van der Waals surface area contributed by atoms with E-state index in [4.69, 9.17) is 5.73 Å². The van der Waals surface area contributed by atoms with E-state index >= 15 is 0 Å². The summed E-state index contributed by atoms with van der Waals surface area (Å²) in [6.07, 6.45) is 8.11. The zero-order valence-electron chi connectivity index (χ0n) is 13.1. The molecule has 0 bridgehead atoms. The lowest BCUT2D eigenvalue weighted by molar-refractivity contribution is 0.132. The molecular formula is C18H31NO. The minimum atomic E-state index is -0.312. The van der Waals surface area contributed by atoms with Gasteiger partial charge in [0.1, 0.15) is 0 Å². The van der Waals surface area contributed by atoms with E-state index in [-0.39, 0.29) is 12.0 Å². The Morgan fingerprint density at radius 3 is 2.45 bits per heavy atom. The van der Waals surface area contributed by atoms with Gasteiger partial charge in [-0.3, -0.25) is 0 Å². The Hall–Kier alpha value is -0.860. The van der Waals surface area contributed by atoms with Crippen molar-refractivity contribution in [2.45, 2.75) is 70.8 Å². The second-order valence-corrected chi connectivity index (χ2v) is 5.88. The van der Waals surface area contributed by atoms with Crippen LogP contribution in [0.25, 0.3) is 0 Å². The highest BCUT2D eigenvalue weighted by Gasteiger charge is 2.19. The second kappa shape index (κ2) is 9.95. The molecule has 2 heteroatoms. The van der Waals surface area contributed by atoms with Crippen LogP contribution in [0.2, 0.25) is 0 Å². The van der Waals surface area contributed by atoms with E-state index in [2.05, 4.69) is 32.0 Å². The van der Waals surface area contributed by atoms with Crippen molar-refractivity contribution < 1.29 is 5.11 Å². The third-order valence-corrected chi connectivity index (χ3v) is 4.04. The average Bonchev–Trinajstić information content (AvgIpc) is 2.43. The molecule has 1 aromatic carbocycles. The van der Waals surface area contributed by atoms with Crippen molar-refractivity contribution in [3.05, 3.63) is 35.4 Å². The van der Waals surface area contributed by atoms with Crippen LogP contribution in [-0.4, -0.2) is 17.8 Å². The number of aliphatic hydroxyl groups is 1. The molecule has 114 valence electrons. The van der Waals surface area contributed by atoms with Crippen molar-refractivity contribution in [3.63, 3.8) is 0 Å². The first kappa shape index (κ1) is 17.2. The zero-order chi connectivity index (χ0) is 14.8. The van der Waals surface area contributed by atoms with Crippen molar-refractivity contribution in [2.75, 3.05) is 6.54 Å². The van der Waals surface area contributed by atoms with E-state index < -0.39 is 0 Å². The number of aliphatic hydroxyl groups excluding tert-OH is 1. The van der Waals surface area contributed by atoms with E-state index in [0.717, 1.165) is 12.8 Å². The van der Waals surface area contributed by atoms with E-state index in [9.17, 15) is 5.11 Å². The molecule has 1 rings (SSSR count). The predicted octanol–water partition coefficient (Wildman–Crippen LogP) is 4.15. The molecular weight excluding hydrogens is 246 g/mol. The molecule has 0 radical (unpaired) electrons. The highest BCUT2D eigenvalue weighted by molar-refractivity contribution is 5.26. The molecule has 2 atom stereocenters. The van der Waals surface area contributed by atoms with Gasteiger partial charge in [0.2, 0.25) is 0 Å². The fourth-order valence-electron chi connectivity index (χ4n) is 2.75. The van der Waals surface area contributed by atoms with Crippen molar-refractivity contribution >= 4 is 0 Å². The molecule has 1 aromatic rings. The molecule has 0 saturated carbocycles. The largest absolute Gasteiger partial charge is 0.392 e. The number of benzene rings is 1. The van der Waals surface area contributed by atoms with Crippen LogP contribution in [0.1, 0.15) is 68.9 Å². The Bertz CT molecular complexity index is 364. The second-order valence-electron chi connectivity index (χ2n) is 5.88. The van der Waals surface area contributed by atoms with Crippen LogP contribution >= 0.6 is 0 Å². The molecule has 0 aliphatic rings. The lowest BCUT2D eigenvalue weighted by atomic mass is 9.89. The maximum absolute atomic E-state index is 10.4. The van der Waals surface area contributed by atoms with Gasteiger partial charge in [-0.05, 0) is 18.9 Å². The first-order valence-electron chi connectivity index (χ1n) is 8.13. The number of rotatable bonds is 10. The normalized spacial score (nSPS) is 14.2. The van der Waals surface area contributed by atoms with Crippen LogP contribution in [0, 0.1) is 6.92 Å². The summed E-state index contributed by atoms with van der Waals surface area (Å²) < 4.78 is 0. The van der Waals surface area contributed by atoms with Crippen LogP contribution in [0.5, 0.6) is 0 Å². The quantitative estimate of drug-likeness (QED) is 0.631. The van der Waals surface area contributed by atoms with Gasteiger partial charge < -0.3 is 10.8 Å². The van der Waals surface area contributed by atoms with Crippen molar-refractivity contribution in [2.24, 2.45) is 5.73 Å². The van der Waals surface area contributed by atoms with Gasteiger partial charge in [0.05, 0.1) is 6.10 Å². The smallest absolute Gasteiger partial charge is 0.0620 e. The summed E-state index contributed by atoms with van der Waals surface area (Å²) in [6, 6.07) is 8.35. The van der Waals surface area contributed by atoms with Crippen molar-refractivity contribution in [1.82, 2.24) is 0 Å². The number of hydrogen-bond acceptors (Lipinski definition) is 2. The topological polar surface area (TPSA) is 46.2 Å². The summed E-state index contributed by atoms with van der Waals surface area (Å²) in [4.78, 5) is 0. The highest BCUT2D eigenvalue weighted by atomic mass is 16.3. The van der Waals surface area contributed by atoms with Gasteiger partial charge in [0.15, 0.2) is 0 Å². The van der Waals surface area contributed by atoms with E-state index in [1.807, 2.05) is 6.07 Å². The van der Waals surface area contributed by atoms with Crippen LogP contribution in [0.4, 0.5) is 0 Å². The molecule has 20 heavy (non-hydrogen) atoms. The summed E-state index contributed by atoms with van der Waals surface area (Å²) in [5, 5.41) is 10.4. The molecule has 0 heterocycles. The van der Waals surface area contributed by atoms with Crippen molar-refractivity contribution in [3.8, 4) is 0 Å². The first-order valence-corrected chi connectivity index (χ1v) is 8.13. The first-order chi connectivity index (χ1) is 9.69. The molecule has 0 amide bonds. The molecule has 0 aromatic heterocycles. The Morgan fingerprint density at radius 1 is 1.10 bits per heavy atom. The van der Waals surface area contributed by atoms with E-state index in [1.165, 1.54) is 43.2 Å². The highest BCUT2D eigenvalue weighted by Crippen LogP contribution is 2.23. The van der Waals surface area contributed by atoms with Gasteiger partial charge in [-0.25, -0.2) is 0 Å². The standard InChI is InChI=1S/C18H31NO/c1-3-4-5-6-7-8-12-18(20)17(14-19)16-11-9-10-15(2)13-16/h9-11,13,17-18,20H,3-8,12,14,19H2,1-2H3. The predicted molar refractivity (Wildman–Crippen MR) is 87.0 cm³/mol. The minimum Gasteiger partial charge on any atom is -0.392 e. The molecule has 0 aliphatic heterocycles. The number of hydrogen-bond donors (Lipinski definition) is 2. The summed E-state index contributed by atoms with van der Waals surface area (Å²) in [6.45, 7) is 4.83. The summed E-state index contributed by atoms with van der Waals surface area (Å²) in [7, 11) is 0. The van der Waals surface area contributed by atoms with Gasteiger partial charge in [-0.1, -0.05) is 75.3 Å². The van der Waals surface area contributed by atoms with Gasteiger partial charge in [-0.15, -0.1) is 0 Å². The number of nitrogens with two attached hydrogens (primary N) is 1. The minimum absolute atomic E-state index is 0.0746. The third kappa shape index (κ3) is 6.06. The lowest BCUT2D eigenvalue weighted by Crippen LogP contribution is -2.26.